The quantitative estimate of drug-likeness (QED) is 0.126. The first kappa shape index (κ1) is 52.3. The highest BCUT2D eigenvalue weighted by atomic mass is 35.5. The van der Waals surface area contributed by atoms with Gasteiger partial charge in [-0.25, -0.2) is 0 Å². The van der Waals surface area contributed by atoms with Gasteiger partial charge in [0.05, 0.1) is 69.2 Å². The van der Waals surface area contributed by atoms with Crippen molar-refractivity contribution in [2.75, 3.05) is 38.1 Å². The molecule has 0 N–H and O–H groups in total. The Morgan fingerprint density at radius 3 is 1.28 bits per heavy atom. The zero-order valence-electron chi connectivity index (χ0n) is 44.6. The normalized spacial score (nSPS) is 12.3. The molecular formula is C65H44Cl4N8O5. The minimum atomic E-state index is -0.381. The van der Waals surface area contributed by atoms with Gasteiger partial charge in [-0.3, -0.25) is 14.4 Å². The fraction of sp³-hybridized carbons (Fsp3) is 0.0923. The summed E-state index contributed by atoms with van der Waals surface area (Å²) < 4.78 is 16.4. The maximum Gasteiger partial charge on any atom is 0.261 e. The van der Waals surface area contributed by atoms with Crippen LogP contribution in [0.5, 0.6) is 11.5 Å². The summed E-state index contributed by atoms with van der Waals surface area (Å²) in [6, 6.07) is 47.9. The number of aromatic nitrogens is 2. The van der Waals surface area contributed by atoms with Crippen LogP contribution in [0.25, 0.3) is 76.3 Å². The van der Waals surface area contributed by atoms with Crippen molar-refractivity contribution in [2.45, 2.75) is 0 Å². The summed E-state index contributed by atoms with van der Waals surface area (Å²) in [5.41, 5.74) is 8.65. The number of ketones is 1. The topological polar surface area (TPSA) is 135 Å². The molecule has 82 heavy (non-hydrogen) atoms. The van der Waals surface area contributed by atoms with Crippen molar-refractivity contribution in [1.82, 2.24) is 9.13 Å². The number of aryl methyl sites for hydroxylation is 2. The Kier molecular flexibility index (Phi) is 12.8. The zero-order chi connectivity index (χ0) is 57.0. The van der Waals surface area contributed by atoms with Gasteiger partial charge in [0.2, 0.25) is 0 Å². The number of hydrogen-bond donors (Lipinski definition) is 0. The summed E-state index contributed by atoms with van der Waals surface area (Å²) in [7, 11) is 10.2. The van der Waals surface area contributed by atoms with E-state index in [0.29, 0.717) is 98.0 Å². The number of anilines is 2. The predicted molar refractivity (Wildman–Crippen MR) is 331 cm³/mol. The second kappa shape index (κ2) is 20.2. The number of nitrogens with zero attached hydrogens (tertiary/aromatic N) is 8. The number of fused-ring (bicyclic) bond motifs is 13. The third-order valence-corrected chi connectivity index (χ3v) is 16.6. The zero-order valence-corrected chi connectivity index (χ0v) is 47.7. The van der Waals surface area contributed by atoms with E-state index in [1.807, 2.05) is 99.0 Å². The molecule has 0 bridgehead atoms. The molecule has 0 saturated heterocycles. The third kappa shape index (κ3) is 8.25. The average Bonchev–Trinajstić information content (AvgIpc) is 3.34. The predicted octanol–water partition coefficient (Wildman–Crippen LogP) is 18.5. The van der Waals surface area contributed by atoms with Gasteiger partial charge < -0.3 is 28.4 Å². The fourth-order valence-corrected chi connectivity index (χ4v) is 12.5. The van der Waals surface area contributed by atoms with Crippen LogP contribution in [0.3, 0.4) is 0 Å². The number of methoxy groups -OCH3 is 2. The molecule has 0 spiro atoms. The Morgan fingerprint density at radius 2 is 0.878 bits per heavy atom. The lowest BCUT2D eigenvalue weighted by molar-refractivity contribution is 0.0982. The largest absolute Gasteiger partial charge is 0.494 e. The molecule has 2 amide bonds. The van der Waals surface area contributed by atoms with Gasteiger partial charge in [0.1, 0.15) is 11.4 Å². The van der Waals surface area contributed by atoms with Crippen LogP contribution in [0, 0.1) is 0 Å². The van der Waals surface area contributed by atoms with Crippen LogP contribution >= 0.6 is 46.4 Å². The molecule has 0 fully saturated rings. The highest BCUT2D eigenvalue weighted by molar-refractivity contribution is 6.36. The molecule has 2 aromatic heterocycles. The van der Waals surface area contributed by atoms with E-state index in [0.717, 1.165) is 43.6 Å². The molecule has 0 atom stereocenters. The first-order valence-electron chi connectivity index (χ1n) is 25.8. The lowest BCUT2D eigenvalue weighted by Gasteiger charge is -2.21. The van der Waals surface area contributed by atoms with E-state index in [4.69, 9.17) is 76.3 Å². The molecule has 0 unspecified atom stereocenters. The first-order chi connectivity index (χ1) is 39.6. The van der Waals surface area contributed by atoms with Crippen LogP contribution in [0.1, 0.15) is 36.6 Å². The second-order valence-corrected chi connectivity index (χ2v) is 21.7. The van der Waals surface area contributed by atoms with E-state index < -0.39 is 0 Å². The number of para-hydroxylation sites is 2. The smallest absolute Gasteiger partial charge is 0.261 e. The maximum atomic E-state index is 14.6. The van der Waals surface area contributed by atoms with Crippen molar-refractivity contribution in [1.29, 1.82) is 0 Å². The first-order valence-corrected chi connectivity index (χ1v) is 27.3. The van der Waals surface area contributed by atoms with Gasteiger partial charge in [-0.1, -0.05) is 107 Å². The van der Waals surface area contributed by atoms with Crippen molar-refractivity contribution in [2.24, 2.45) is 34.6 Å². The van der Waals surface area contributed by atoms with Gasteiger partial charge in [0.15, 0.2) is 17.3 Å². The summed E-state index contributed by atoms with van der Waals surface area (Å²) in [5.74, 6) is -0.617. The molecule has 1 aliphatic carbocycles. The standard InChI is InChI=1S/C65H44Cl4N8O5/c1-74-51-25-17-35(66)29-43(51)41-21-15-33-27-47(64(79)76(3)53-13-9-7-11-49(53)68)62(81-5)57(55(33)59(41)74)72-70-37-19-23-39-40-24-20-38(32-46(40)61(78)45(39)31-37)71-73-58-56-34(16-22-42-44-30-36(67)18-26-52(44)75(2)60(42)56)28-48(63(58)82-6)65(80)77(4)54-14-10-8-12-50(54)69/h7-32H,1-6H3. The molecule has 13 rings (SSSR count). The van der Waals surface area contributed by atoms with Crippen LogP contribution < -0.4 is 19.3 Å². The number of azo groups is 2. The Balaban J connectivity index is 0.902. The van der Waals surface area contributed by atoms with E-state index in [1.54, 1.807) is 86.9 Å². The SMILES string of the molecule is COc1c(C(=O)N(C)c2ccccc2Cl)cc2ccc3c4cc(Cl)ccc4n(C)c3c2c1N=Nc1ccc2c(c1)C(=O)c1cc(N=Nc3c(OC)c(C(=O)N(C)c4ccccc4Cl)cc4ccc5c6cc(Cl)ccc6n(C)c5c34)ccc1-2. The summed E-state index contributed by atoms with van der Waals surface area (Å²) in [4.78, 5) is 46.7. The van der Waals surface area contributed by atoms with Crippen LogP contribution in [0.4, 0.5) is 34.1 Å². The van der Waals surface area contributed by atoms with Gasteiger partial charge in [-0.2, -0.15) is 10.2 Å². The van der Waals surface area contributed by atoms with Crippen molar-refractivity contribution in [3.63, 3.8) is 0 Å². The van der Waals surface area contributed by atoms with E-state index in [9.17, 15) is 14.4 Å². The van der Waals surface area contributed by atoms with Crippen LogP contribution in [-0.4, -0.2) is 55.0 Å². The molecule has 0 aliphatic heterocycles. The lowest BCUT2D eigenvalue weighted by atomic mass is 9.99. The molecule has 17 heteroatoms. The van der Waals surface area contributed by atoms with Crippen LogP contribution in [0.2, 0.25) is 20.1 Å². The molecule has 2 heterocycles. The van der Waals surface area contributed by atoms with Crippen molar-refractivity contribution < 1.29 is 23.9 Å². The van der Waals surface area contributed by atoms with Gasteiger partial charge in [0.25, 0.3) is 11.8 Å². The number of carbonyl (C=O) groups is 3. The summed E-state index contributed by atoms with van der Waals surface area (Å²) >= 11 is 26.3. The number of amides is 2. The highest BCUT2D eigenvalue weighted by Crippen LogP contribution is 2.49. The Hall–Kier alpha value is -9.11. The molecule has 402 valence electrons. The van der Waals surface area contributed by atoms with Crippen LogP contribution in [-0.2, 0) is 14.1 Å². The van der Waals surface area contributed by atoms with Gasteiger partial charge in [-0.15, -0.1) is 10.2 Å². The number of ether oxygens (including phenoxy) is 2. The number of halogens is 4. The minimum absolute atomic E-state index is 0.196. The fourth-order valence-electron chi connectivity index (χ4n) is 11.6. The molecule has 10 aromatic carbocycles. The summed E-state index contributed by atoms with van der Waals surface area (Å²) in [5, 5.41) is 27.9. The number of benzene rings is 10. The van der Waals surface area contributed by atoms with Crippen molar-refractivity contribution in [3.05, 3.63) is 200 Å². The lowest BCUT2D eigenvalue weighted by Crippen LogP contribution is -2.27. The molecule has 1 aliphatic rings. The third-order valence-electron chi connectivity index (χ3n) is 15.5. The summed E-state index contributed by atoms with van der Waals surface area (Å²) in [6.07, 6.45) is 0. The summed E-state index contributed by atoms with van der Waals surface area (Å²) in [6.45, 7) is 0. The molecule has 0 saturated carbocycles. The van der Waals surface area contributed by atoms with Gasteiger partial charge in [-0.05, 0) is 119 Å². The maximum absolute atomic E-state index is 14.6. The Labute approximate surface area is 488 Å². The molecular weight excluding hydrogens is 1110 g/mol. The van der Waals surface area contributed by atoms with Crippen molar-refractivity contribution in [3.8, 4) is 22.6 Å². The molecule has 13 nitrogen and oxygen atoms in total. The van der Waals surface area contributed by atoms with Gasteiger partial charge in [0, 0.05) is 92.7 Å². The van der Waals surface area contributed by atoms with E-state index in [-0.39, 0.29) is 40.2 Å². The number of carbonyl (C=O) groups excluding carboxylic acids is 3. The van der Waals surface area contributed by atoms with Crippen molar-refractivity contribution >= 4 is 163 Å². The van der Waals surface area contributed by atoms with Crippen LogP contribution in [0.15, 0.2) is 178 Å². The second-order valence-electron chi connectivity index (χ2n) is 20.0. The highest BCUT2D eigenvalue weighted by Gasteiger charge is 2.31. The van der Waals surface area contributed by atoms with E-state index in [2.05, 4.69) is 9.13 Å². The number of rotatable bonds is 10. The Morgan fingerprint density at radius 1 is 0.463 bits per heavy atom. The van der Waals surface area contributed by atoms with Gasteiger partial charge >= 0.3 is 0 Å². The number of hydrogen-bond acceptors (Lipinski definition) is 9. The monoisotopic (exact) mass is 1160 g/mol. The molecule has 12 aromatic rings. The minimum Gasteiger partial charge on any atom is -0.494 e. The average molecular weight is 1160 g/mol. The molecule has 0 radical (unpaired) electrons. The van der Waals surface area contributed by atoms with E-state index >= 15 is 0 Å². The Bertz CT molecular complexity index is 4570. The van der Waals surface area contributed by atoms with E-state index in [1.165, 1.54) is 24.0 Å².